The van der Waals surface area contributed by atoms with Crippen LogP contribution in [0.2, 0.25) is 0 Å². The van der Waals surface area contributed by atoms with Crippen molar-refractivity contribution < 1.29 is 9.53 Å². The average Bonchev–Trinajstić information content (AvgIpc) is 3.11. The number of carbonyl (C=O) groups is 1. The van der Waals surface area contributed by atoms with Crippen LogP contribution in [0, 0.1) is 13.8 Å². The minimum Gasteiger partial charge on any atom is -0.494 e. The third-order valence-electron chi connectivity index (χ3n) is 4.67. The van der Waals surface area contributed by atoms with Crippen LogP contribution >= 0.6 is 23.7 Å². The number of fused-ring (bicyclic) bond motifs is 1. The SMILES string of the molecule is COc1ccc(C)c2sc(N(CCCN(C)C)C(=O)c3ccc(C)cc3)nc12.Cl. The molecule has 0 aliphatic carbocycles. The van der Waals surface area contributed by atoms with E-state index in [9.17, 15) is 4.79 Å². The summed E-state index contributed by atoms with van der Waals surface area (Å²) in [5.74, 6) is 0.716. The van der Waals surface area contributed by atoms with E-state index in [1.807, 2.05) is 57.4 Å². The monoisotopic (exact) mass is 433 g/mol. The summed E-state index contributed by atoms with van der Waals surface area (Å²) in [7, 11) is 5.73. The second-order valence-electron chi connectivity index (χ2n) is 7.24. The van der Waals surface area contributed by atoms with Gasteiger partial charge >= 0.3 is 0 Å². The van der Waals surface area contributed by atoms with Crippen LogP contribution in [0.15, 0.2) is 36.4 Å². The normalized spacial score (nSPS) is 10.8. The van der Waals surface area contributed by atoms with Crippen molar-refractivity contribution in [2.45, 2.75) is 20.3 Å². The Balaban J connectivity index is 0.00000300. The molecule has 156 valence electrons. The smallest absolute Gasteiger partial charge is 0.260 e. The Labute approximate surface area is 182 Å². The van der Waals surface area contributed by atoms with E-state index < -0.39 is 0 Å². The predicted molar refractivity (Wildman–Crippen MR) is 124 cm³/mol. The summed E-state index contributed by atoms with van der Waals surface area (Å²) in [6.07, 6.45) is 0.872. The summed E-state index contributed by atoms with van der Waals surface area (Å²) in [5.41, 5.74) is 3.77. The molecular weight excluding hydrogens is 406 g/mol. The van der Waals surface area contributed by atoms with Gasteiger partial charge in [-0.3, -0.25) is 9.69 Å². The molecule has 0 N–H and O–H groups in total. The van der Waals surface area contributed by atoms with E-state index in [0.717, 1.165) is 40.1 Å². The molecule has 7 heteroatoms. The van der Waals surface area contributed by atoms with Crippen LogP contribution < -0.4 is 9.64 Å². The third-order valence-corrected chi connectivity index (χ3v) is 5.89. The minimum absolute atomic E-state index is 0. The topological polar surface area (TPSA) is 45.7 Å². The highest BCUT2D eigenvalue weighted by Gasteiger charge is 2.22. The Kier molecular flexibility index (Phi) is 8.02. The molecule has 1 aromatic heterocycles. The van der Waals surface area contributed by atoms with Crippen LogP contribution in [-0.4, -0.2) is 50.1 Å². The number of methoxy groups -OCH3 is 1. The summed E-state index contributed by atoms with van der Waals surface area (Å²) in [6.45, 7) is 5.60. The lowest BCUT2D eigenvalue weighted by atomic mass is 10.1. The van der Waals surface area contributed by atoms with Crippen molar-refractivity contribution in [1.29, 1.82) is 0 Å². The van der Waals surface area contributed by atoms with Gasteiger partial charge in [-0.15, -0.1) is 12.4 Å². The zero-order valence-corrected chi connectivity index (χ0v) is 19.2. The third kappa shape index (κ3) is 5.26. The van der Waals surface area contributed by atoms with Crippen molar-refractivity contribution in [3.05, 3.63) is 53.1 Å². The molecule has 5 nitrogen and oxygen atoms in total. The van der Waals surface area contributed by atoms with Crippen molar-refractivity contribution in [2.24, 2.45) is 0 Å². The number of benzene rings is 2. The molecule has 1 heterocycles. The van der Waals surface area contributed by atoms with Gasteiger partial charge in [0.1, 0.15) is 11.3 Å². The number of anilines is 1. The number of hydrogen-bond acceptors (Lipinski definition) is 5. The molecule has 0 saturated heterocycles. The number of aromatic nitrogens is 1. The molecule has 3 aromatic rings. The first-order chi connectivity index (χ1) is 13.4. The first kappa shape index (κ1) is 23.1. The number of rotatable bonds is 7. The van der Waals surface area contributed by atoms with Crippen LogP contribution in [0.4, 0.5) is 5.13 Å². The molecule has 2 aromatic carbocycles. The largest absolute Gasteiger partial charge is 0.494 e. The van der Waals surface area contributed by atoms with Crippen molar-refractivity contribution in [3.63, 3.8) is 0 Å². The van der Waals surface area contributed by atoms with E-state index in [4.69, 9.17) is 9.72 Å². The summed E-state index contributed by atoms with van der Waals surface area (Å²) in [6, 6.07) is 11.7. The first-order valence-electron chi connectivity index (χ1n) is 9.38. The van der Waals surface area contributed by atoms with Crippen LogP contribution in [0.1, 0.15) is 27.9 Å². The molecular formula is C22H28ClN3O2S. The standard InChI is InChI=1S/C22H27N3O2S.ClH/c1-15-7-10-17(11-8-15)21(26)25(14-6-13-24(3)4)22-23-19-18(27-5)12-9-16(2)20(19)28-22;/h7-12H,6,13-14H2,1-5H3;1H. The van der Waals surface area contributed by atoms with E-state index in [2.05, 4.69) is 11.8 Å². The number of carbonyl (C=O) groups excluding carboxylic acids is 1. The number of hydrogen-bond donors (Lipinski definition) is 0. The van der Waals surface area contributed by atoms with Crippen LogP contribution in [0.5, 0.6) is 5.75 Å². The molecule has 0 saturated carbocycles. The minimum atomic E-state index is -0.0190. The lowest BCUT2D eigenvalue weighted by molar-refractivity contribution is 0.0986. The van der Waals surface area contributed by atoms with E-state index in [-0.39, 0.29) is 18.3 Å². The zero-order valence-electron chi connectivity index (χ0n) is 17.6. The highest BCUT2D eigenvalue weighted by Crippen LogP contribution is 2.36. The quantitative estimate of drug-likeness (QED) is 0.529. The van der Waals surface area contributed by atoms with Crippen LogP contribution in [0.3, 0.4) is 0 Å². The van der Waals surface area contributed by atoms with Crippen molar-refractivity contribution in [1.82, 2.24) is 9.88 Å². The fraction of sp³-hybridized carbons (Fsp3) is 0.364. The number of thiazole rings is 1. The first-order valence-corrected chi connectivity index (χ1v) is 10.2. The van der Waals surface area contributed by atoms with Gasteiger partial charge < -0.3 is 9.64 Å². The maximum atomic E-state index is 13.3. The highest BCUT2D eigenvalue weighted by atomic mass is 35.5. The zero-order chi connectivity index (χ0) is 20.3. The van der Waals surface area contributed by atoms with Gasteiger partial charge in [-0.25, -0.2) is 4.98 Å². The number of amides is 1. The van der Waals surface area contributed by atoms with Gasteiger partial charge in [0.2, 0.25) is 0 Å². The van der Waals surface area contributed by atoms with Crippen molar-refractivity contribution in [3.8, 4) is 5.75 Å². The average molecular weight is 434 g/mol. The molecule has 0 radical (unpaired) electrons. The number of nitrogens with zero attached hydrogens (tertiary/aromatic N) is 3. The van der Waals surface area contributed by atoms with Crippen molar-refractivity contribution >= 4 is 45.0 Å². The molecule has 0 aliphatic heterocycles. The maximum Gasteiger partial charge on any atom is 0.260 e. The van der Waals surface area contributed by atoms with Gasteiger partial charge in [0.05, 0.1) is 11.8 Å². The van der Waals surface area contributed by atoms with Gasteiger partial charge in [0, 0.05) is 12.1 Å². The summed E-state index contributed by atoms with van der Waals surface area (Å²) in [4.78, 5) is 22.0. The molecule has 29 heavy (non-hydrogen) atoms. The van der Waals surface area contributed by atoms with Crippen LogP contribution in [0.25, 0.3) is 10.2 Å². The molecule has 1 amide bonds. The van der Waals surface area contributed by atoms with E-state index >= 15 is 0 Å². The summed E-state index contributed by atoms with van der Waals surface area (Å²) >= 11 is 1.55. The van der Waals surface area contributed by atoms with Crippen molar-refractivity contribution in [2.75, 3.05) is 39.2 Å². The van der Waals surface area contributed by atoms with E-state index in [1.165, 1.54) is 0 Å². The molecule has 0 atom stereocenters. The fourth-order valence-electron chi connectivity index (χ4n) is 3.06. The number of aryl methyl sites for hydroxylation is 2. The van der Waals surface area contributed by atoms with Gasteiger partial charge in [-0.2, -0.15) is 0 Å². The second kappa shape index (κ2) is 10.1. The molecule has 0 unspecified atom stereocenters. The lowest BCUT2D eigenvalue weighted by Crippen LogP contribution is -2.33. The van der Waals surface area contributed by atoms with Gasteiger partial charge in [0.15, 0.2) is 5.13 Å². The van der Waals surface area contributed by atoms with Crippen LogP contribution in [-0.2, 0) is 0 Å². The second-order valence-corrected chi connectivity index (χ2v) is 8.22. The highest BCUT2D eigenvalue weighted by molar-refractivity contribution is 7.22. The Morgan fingerprint density at radius 3 is 2.38 bits per heavy atom. The number of halogens is 1. The maximum absolute atomic E-state index is 13.3. The Morgan fingerprint density at radius 1 is 1.07 bits per heavy atom. The lowest BCUT2D eigenvalue weighted by Gasteiger charge is -2.21. The van der Waals surface area contributed by atoms with E-state index in [1.54, 1.807) is 23.3 Å². The molecule has 0 spiro atoms. The Bertz CT molecular complexity index is 970. The fourth-order valence-corrected chi connectivity index (χ4v) is 4.14. The van der Waals surface area contributed by atoms with Gasteiger partial charge in [-0.1, -0.05) is 35.1 Å². The van der Waals surface area contributed by atoms with E-state index in [0.29, 0.717) is 17.2 Å². The predicted octanol–water partition coefficient (Wildman–Crippen LogP) is 4.94. The Morgan fingerprint density at radius 2 is 1.76 bits per heavy atom. The molecule has 0 aliphatic rings. The molecule has 0 bridgehead atoms. The molecule has 0 fully saturated rings. The summed E-state index contributed by atoms with van der Waals surface area (Å²) < 4.78 is 6.54. The molecule has 3 rings (SSSR count). The Hall–Kier alpha value is -2.15. The van der Waals surface area contributed by atoms with Gasteiger partial charge in [0.25, 0.3) is 5.91 Å². The summed E-state index contributed by atoms with van der Waals surface area (Å²) in [5, 5.41) is 0.715. The van der Waals surface area contributed by atoms with Gasteiger partial charge in [-0.05, 0) is 64.7 Å². The number of ether oxygens (including phenoxy) is 1.